The summed E-state index contributed by atoms with van der Waals surface area (Å²) in [6, 6.07) is 16.5. The molecule has 27 heavy (non-hydrogen) atoms. The van der Waals surface area contributed by atoms with Gasteiger partial charge in [0.15, 0.2) is 0 Å². The number of morpholine rings is 1. The first-order valence-electron chi connectivity index (χ1n) is 9.01. The summed E-state index contributed by atoms with van der Waals surface area (Å²) >= 11 is 0. The average molecular weight is 388 g/mol. The lowest BCUT2D eigenvalue weighted by Gasteiger charge is -2.26. The Morgan fingerprint density at radius 3 is 2.30 bits per heavy atom. The van der Waals surface area contributed by atoms with Crippen molar-refractivity contribution in [2.24, 2.45) is 0 Å². The van der Waals surface area contributed by atoms with Crippen LogP contribution in [0.25, 0.3) is 0 Å². The van der Waals surface area contributed by atoms with Crippen LogP contribution in [0, 0.1) is 0 Å². The van der Waals surface area contributed by atoms with Crippen molar-refractivity contribution in [1.29, 1.82) is 0 Å². The van der Waals surface area contributed by atoms with E-state index in [9.17, 15) is 13.2 Å². The smallest absolute Gasteiger partial charge is 0.233 e. The van der Waals surface area contributed by atoms with E-state index in [0.717, 1.165) is 11.1 Å². The van der Waals surface area contributed by atoms with Gasteiger partial charge in [0.2, 0.25) is 15.9 Å². The second-order valence-electron chi connectivity index (χ2n) is 6.52. The minimum atomic E-state index is -3.42. The number of ether oxygens (including phenoxy) is 1. The molecule has 1 aliphatic rings. The lowest BCUT2D eigenvalue weighted by molar-refractivity contribution is -0.134. The van der Waals surface area contributed by atoms with Gasteiger partial charge in [0.1, 0.15) is 0 Å². The van der Waals surface area contributed by atoms with Crippen molar-refractivity contribution in [2.45, 2.75) is 12.8 Å². The Labute approximate surface area is 160 Å². The SMILES string of the molecule is O=C(Cc1ccc(NS(=O)(=O)CCc2ccccc2)cc1)N1CCOCC1. The quantitative estimate of drug-likeness (QED) is 0.788. The molecule has 0 aliphatic carbocycles. The number of amides is 1. The molecule has 0 atom stereocenters. The van der Waals surface area contributed by atoms with Crippen LogP contribution in [0.15, 0.2) is 54.6 Å². The molecule has 3 rings (SSSR count). The Morgan fingerprint density at radius 1 is 0.963 bits per heavy atom. The first kappa shape index (κ1) is 19.4. The lowest BCUT2D eigenvalue weighted by atomic mass is 10.1. The maximum Gasteiger partial charge on any atom is 0.233 e. The fraction of sp³-hybridized carbons (Fsp3) is 0.350. The van der Waals surface area contributed by atoms with Crippen molar-refractivity contribution in [2.75, 3.05) is 36.8 Å². The van der Waals surface area contributed by atoms with Crippen LogP contribution in [0.1, 0.15) is 11.1 Å². The van der Waals surface area contributed by atoms with Crippen LogP contribution < -0.4 is 4.72 Å². The van der Waals surface area contributed by atoms with E-state index in [2.05, 4.69) is 4.72 Å². The highest BCUT2D eigenvalue weighted by Crippen LogP contribution is 2.14. The predicted octanol–water partition coefficient (Wildman–Crippen LogP) is 2.07. The first-order chi connectivity index (χ1) is 13.0. The Bertz CT molecular complexity index is 845. The second-order valence-corrected chi connectivity index (χ2v) is 8.37. The third-order valence-corrected chi connectivity index (χ3v) is 5.74. The molecule has 0 unspecified atom stereocenters. The summed E-state index contributed by atoms with van der Waals surface area (Å²) in [5.41, 5.74) is 2.35. The van der Waals surface area contributed by atoms with Crippen LogP contribution in [-0.2, 0) is 32.4 Å². The summed E-state index contributed by atoms with van der Waals surface area (Å²) < 4.78 is 32.4. The van der Waals surface area contributed by atoms with Gasteiger partial charge in [-0.1, -0.05) is 42.5 Å². The zero-order chi connectivity index (χ0) is 19.1. The van der Waals surface area contributed by atoms with Gasteiger partial charge in [0.05, 0.1) is 25.4 Å². The molecule has 1 amide bonds. The van der Waals surface area contributed by atoms with E-state index in [4.69, 9.17) is 4.74 Å². The van der Waals surface area contributed by atoms with Crippen LogP contribution in [0.3, 0.4) is 0 Å². The molecule has 0 saturated carbocycles. The molecule has 0 bridgehead atoms. The van der Waals surface area contributed by atoms with Crippen LogP contribution in [0.2, 0.25) is 0 Å². The lowest BCUT2D eigenvalue weighted by Crippen LogP contribution is -2.41. The van der Waals surface area contributed by atoms with Crippen LogP contribution in [0.4, 0.5) is 5.69 Å². The molecule has 0 spiro atoms. The first-order valence-corrected chi connectivity index (χ1v) is 10.7. The molecule has 6 nitrogen and oxygen atoms in total. The number of nitrogens with zero attached hydrogens (tertiary/aromatic N) is 1. The largest absolute Gasteiger partial charge is 0.378 e. The molecule has 7 heteroatoms. The van der Waals surface area contributed by atoms with Crippen molar-refractivity contribution in [3.05, 3.63) is 65.7 Å². The fourth-order valence-corrected chi connectivity index (χ4v) is 4.02. The minimum Gasteiger partial charge on any atom is -0.378 e. The molecule has 0 aromatic heterocycles. The second kappa shape index (κ2) is 9.01. The van der Waals surface area contributed by atoms with Crippen molar-refractivity contribution in [3.63, 3.8) is 0 Å². The molecule has 144 valence electrons. The number of sulfonamides is 1. The molecule has 1 fully saturated rings. The maximum atomic E-state index is 12.3. The molecule has 2 aromatic carbocycles. The van der Waals surface area contributed by atoms with Gasteiger partial charge < -0.3 is 9.64 Å². The number of nitrogens with one attached hydrogen (secondary N) is 1. The van der Waals surface area contributed by atoms with Gasteiger partial charge >= 0.3 is 0 Å². The number of hydrogen-bond donors (Lipinski definition) is 1. The third kappa shape index (κ3) is 6.08. The van der Waals surface area contributed by atoms with Gasteiger partial charge in [-0.2, -0.15) is 0 Å². The summed E-state index contributed by atoms with van der Waals surface area (Å²) in [4.78, 5) is 14.1. The van der Waals surface area contributed by atoms with Crippen molar-refractivity contribution in [1.82, 2.24) is 4.90 Å². The third-order valence-electron chi connectivity index (χ3n) is 4.45. The van der Waals surface area contributed by atoms with E-state index in [1.165, 1.54) is 0 Å². The molecular weight excluding hydrogens is 364 g/mol. The van der Waals surface area contributed by atoms with E-state index in [1.54, 1.807) is 29.2 Å². The van der Waals surface area contributed by atoms with Crippen LogP contribution >= 0.6 is 0 Å². The molecule has 2 aromatic rings. The van der Waals surface area contributed by atoms with E-state index < -0.39 is 10.0 Å². The minimum absolute atomic E-state index is 0.0221. The molecule has 0 radical (unpaired) electrons. The highest BCUT2D eigenvalue weighted by Gasteiger charge is 2.17. The summed E-state index contributed by atoms with van der Waals surface area (Å²) in [7, 11) is -3.42. The highest BCUT2D eigenvalue weighted by molar-refractivity contribution is 7.92. The summed E-state index contributed by atoms with van der Waals surface area (Å²) in [6.07, 6.45) is 0.767. The van der Waals surface area contributed by atoms with Gasteiger partial charge in [0, 0.05) is 18.8 Å². The Morgan fingerprint density at radius 2 is 1.63 bits per heavy atom. The van der Waals surface area contributed by atoms with Gasteiger partial charge in [-0.3, -0.25) is 9.52 Å². The zero-order valence-corrected chi connectivity index (χ0v) is 16.0. The Balaban J connectivity index is 1.52. The predicted molar refractivity (Wildman–Crippen MR) is 105 cm³/mol. The molecular formula is C20H24N2O4S. The van der Waals surface area contributed by atoms with Gasteiger partial charge in [-0.05, 0) is 29.7 Å². The molecule has 1 aliphatic heterocycles. The average Bonchev–Trinajstić information content (AvgIpc) is 2.69. The van der Waals surface area contributed by atoms with E-state index in [-0.39, 0.29) is 11.7 Å². The number of carbonyl (C=O) groups excluding carboxylic acids is 1. The summed E-state index contributed by atoms with van der Waals surface area (Å²) in [5.74, 6) is 0.0864. The van der Waals surface area contributed by atoms with Crippen molar-refractivity contribution in [3.8, 4) is 0 Å². The number of carbonyl (C=O) groups is 1. The summed E-state index contributed by atoms with van der Waals surface area (Å²) in [6.45, 7) is 2.40. The number of hydrogen-bond acceptors (Lipinski definition) is 4. The number of rotatable bonds is 7. The maximum absolute atomic E-state index is 12.3. The van der Waals surface area contributed by atoms with Gasteiger partial charge in [0.25, 0.3) is 0 Å². The Hall–Kier alpha value is -2.38. The van der Waals surface area contributed by atoms with Crippen molar-refractivity contribution >= 4 is 21.6 Å². The van der Waals surface area contributed by atoms with E-state index in [0.29, 0.717) is 44.8 Å². The van der Waals surface area contributed by atoms with Gasteiger partial charge in [-0.15, -0.1) is 0 Å². The number of anilines is 1. The zero-order valence-electron chi connectivity index (χ0n) is 15.1. The molecule has 1 saturated heterocycles. The molecule has 1 heterocycles. The van der Waals surface area contributed by atoms with Gasteiger partial charge in [-0.25, -0.2) is 8.42 Å². The highest BCUT2D eigenvalue weighted by atomic mass is 32.2. The van der Waals surface area contributed by atoms with Crippen LogP contribution in [0.5, 0.6) is 0 Å². The normalized spacial score (nSPS) is 14.7. The molecule has 1 N–H and O–H groups in total. The topological polar surface area (TPSA) is 75.7 Å². The number of aryl methyl sites for hydroxylation is 1. The van der Waals surface area contributed by atoms with E-state index >= 15 is 0 Å². The van der Waals surface area contributed by atoms with Crippen LogP contribution in [-0.4, -0.2) is 51.3 Å². The van der Waals surface area contributed by atoms with E-state index in [1.807, 2.05) is 30.3 Å². The fourth-order valence-electron chi connectivity index (χ4n) is 2.92. The number of benzene rings is 2. The monoisotopic (exact) mass is 388 g/mol. The summed E-state index contributed by atoms with van der Waals surface area (Å²) in [5, 5.41) is 0. The van der Waals surface area contributed by atoms with Crippen molar-refractivity contribution < 1.29 is 17.9 Å². The standard InChI is InChI=1S/C20H24N2O4S/c23-20(22-11-13-26-14-12-22)16-18-6-8-19(9-7-18)21-27(24,25)15-10-17-4-2-1-3-5-17/h1-9,21H,10-16H2. The Kier molecular flexibility index (Phi) is 6.47.